The molecular weight excluding hydrogens is 234 g/mol. The summed E-state index contributed by atoms with van der Waals surface area (Å²) in [5.41, 5.74) is 1.54. The van der Waals surface area contributed by atoms with Crippen molar-refractivity contribution in [3.05, 3.63) is 29.8 Å². The molecule has 0 saturated heterocycles. The van der Waals surface area contributed by atoms with Gasteiger partial charge in [0.2, 0.25) is 0 Å². The molecule has 1 N–H and O–H groups in total. The van der Waals surface area contributed by atoms with Crippen LogP contribution in [0.15, 0.2) is 24.3 Å². The van der Waals surface area contributed by atoms with Crippen LogP contribution in [-0.4, -0.2) is 36.2 Å². The van der Waals surface area contributed by atoms with Crippen molar-refractivity contribution < 1.29 is 19.4 Å². The number of carbonyl (C=O) groups is 2. The fourth-order valence-corrected chi connectivity index (χ4v) is 2.15. The third kappa shape index (κ3) is 1.97. The average Bonchev–Trinajstić information content (AvgIpc) is 2.76. The highest BCUT2D eigenvalue weighted by atomic mass is 16.5. The second-order valence-electron chi connectivity index (χ2n) is 4.27. The van der Waals surface area contributed by atoms with Gasteiger partial charge in [-0.2, -0.15) is 0 Å². The van der Waals surface area contributed by atoms with E-state index >= 15 is 0 Å². The number of carboxylic acid groups (broad SMARTS) is 1. The van der Waals surface area contributed by atoms with Gasteiger partial charge in [0.15, 0.2) is 0 Å². The number of hydrogen-bond acceptors (Lipinski definition) is 3. The zero-order valence-electron chi connectivity index (χ0n) is 10.3. The lowest BCUT2D eigenvalue weighted by molar-refractivity contribution is -0.141. The van der Waals surface area contributed by atoms with Gasteiger partial charge in [-0.05, 0) is 18.6 Å². The molecule has 0 aromatic heterocycles. The van der Waals surface area contributed by atoms with E-state index in [0.29, 0.717) is 12.1 Å². The number of hydrogen-bond donors (Lipinski definition) is 1. The predicted octanol–water partition coefficient (Wildman–Crippen LogP) is 1.06. The normalized spacial score (nSPS) is 19.4. The van der Waals surface area contributed by atoms with Crippen LogP contribution in [-0.2, 0) is 20.7 Å². The molecule has 1 aliphatic heterocycles. The number of anilines is 1. The van der Waals surface area contributed by atoms with Gasteiger partial charge in [-0.15, -0.1) is 0 Å². The number of nitrogens with zero attached hydrogens (tertiary/aromatic N) is 1. The van der Waals surface area contributed by atoms with Gasteiger partial charge >= 0.3 is 5.97 Å². The third-order valence-corrected chi connectivity index (χ3v) is 3.20. The zero-order valence-corrected chi connectivity index (χ0v) is 10.3. The molecule has 0 bridgehead atoms. The Morgan fingerprint density at radius 3 is 2.72 bits per heavy atom. The first-order valence-electron chi connectivity index (χ1n) is 5.73. The summed E-state index contributed by atoms with van der Waals surface area (Å²) in [4.78, 5) is 24.8. The van der Waals surface area contributed by atoms with Crippen molar-refractivity contribution in [2.24, 2.45) is 0 Å². The van der Waals surface area contributed by atoms with Crippen molar-refractivity contribution >= 4 is 17.6 Å². The molecule has 0 radical (unpaired) electrons. The number of methoxy groups -OCH3 is 1. The maximum atomic E-state index is 12.2. The van der Waals surface area contributed by atoms with Crippen molar-refractivity contribution in [1.82, 2.24) is 0 Å². The van der Waals surface area contributed by atoms with E-state index in [0.717, 1.165) is 5.56 Å². The second-order valence-corrected chi connectivity index (χ2v) is 4.27. The van der Waals surface area contributed by atoms with Gasteiger partial charge in [0.05, 0.1) is 0 Å². The van der Waals surface area contributed by atoms with Gasteiger partial charge in [0.1, 0.15) is 12.1 Å². The van der Waals surface area contributed by atoms with Crippen molar-refractivity contribution in [3.63, 3.8) is 0 Å². The zero-order chi connectivity index (χ0) is 13.3. The highest BCUT2D eigenvalue weighted by Crippen LogP contribution is 2.32. The van der Waals surface area contributed by atoms with Crippen LogP contribution in [0.5, 0.6) is 0 Å². The van der Waals surface area contributed by atoms with Crippen LogP contribution in [0.4, 0.5) is 5.69 Å². The molecule has 1 aromatic rings. The molecule has 18 heavy (non-hydrogen) atoms. The maximum absolute atomic E-state index is 12.2. The molecule has 2 rings (SSSR count). The Balaban J connectivity index is 2.40. The Kier molecular flexibility index (Phi) is 3.34. The number of aliphatic carboxylic acids is 1. The van der Waals surface area contributed by atoms with E-state index in [4.69, 9.17) is 4.74 Å². The van der Waals surface area contributed by atoms with E-state index < -0.39 is 18.1 Å². The standard InChI is InChI=1S/C13H15NO4/c1-8(18-2)12(15)14-10-6-4-3-5-9(10)7-11(14)13(16)17/h3-6,8,11H,7H2,1-2H3,(H,16,17). The van der Waals surface area contributed by atoms with Crippen LogP contribution in [0.25, 0.3) is 0 Å². The lowest BCUT2D eigenvalue weighted by atomic mass is 10.1. The van der Waals surface area contributed by atoms with E-state index in [1.54, 1.807) is 19.1 Å². The highest BCUT2D eigenvalue weighted by Gasteiger charge is 2.39. The summed E-state index contributed by atoms with van der Waals surface area (Å²) < 4.78 is 4.98. The summed E-state index contributed by atoms with van der Waals surface area (Å²) in [6.07, 6.45) is -0.314. The largest absolute Gasteiger partial charge is 0.480 e. The van der Waals surface area contributed by atoms with E-state index in [-0.39, 0.29) is 5.91 Å². The molecule has 0 saturated carbocycles. The number of fused-ring (bicyclic) bond motifs is 1. The number of para-hydroxylation sites is 1. The minimum Gasteiger partial charge on any atom is -0.480 e. The number of rotatable bonds is 3. The summed E-state index contributed by atoms with van der Waals surface area (Å²) in [7, 11) is 1.43. The van der Waals surface area contributed by atoms with Crippen molar-refractivity contribution in [2.45, 2.75) is 25.5 Å². The molecule has 0 aliphatic carbocycles. The lowest BCUT2D eigenvalue weighted by Crippen LogP contribution is -2.47. The molecule has 0 fully saturated rings. The molecule has 5 heteroatoms. The van der Waals surface area contributed by atoms with Crippen molar-refractivity contribution in [3.8, 4) is 0 Å². The van der Waals surface area contributed by atoms with E-state index in [2.05, 4.69) is 0 Å². The van der Waals surface area contributed by atoms with Crippen LogP contribution in [0.2, 0.25) is 0 Å². The molecule has 1 amide bonds. The Bertz CT molecular complexity index is 486. The van der Waals surface area contributed by atoms with Crippen molar-refractivity contribution in [2.75, 3.05) is 12.0 Å². The third-order valence-electron chi connectivity index (χ3n) is 3.20. The minimum absolute atomic E-state index is 0.324. The second kappa shape index (κ2) is 4.78. The highest BCUT2D eigenvalue weighted by molar-refractivity contribution is 6.03. The van der Waals surface area contributed by atoms with E-state index in [1.807, 2.05) is 12.1 Å². The molecule has 1 aliphatic rings. The van der Waals surface area contributed by atoms with Gasteiger partial charge in [-0.3, -0.25) is 9.69 Å². The van der Waals surface area contributed by atoms with Gasteiger partial charge in [0, 0.05) is 19.2 Å². The van der Waals surface area contributed by atoms with Gasteiger partial charge in [-0.25, -0.2) is 4.79 Å². The summed E-state index contributed by atoms with van der Waals surface area (Å²) >= 11 is 0. The molecule has 0 spiro atoms. The Labute approximate surface area is 105 Å². The maximum Gasteiger partial charge on any atom is 0.327 e. The Morgan fingerprint density at radius 2 is 2.11 bits per heavy atom. The number of amides is 1. The van der Waals surface area contributed by atoms with E-state index in [1.165, 1.54) is 12.0 Å². The minimum atomic E-state index is -0.997. The quantitative estimate of drug-likeness (QED) is 0.870. The summed E-state index contributed by atoms with van der Waals surface area (Å²) in [5.74, 6) is -1.32. The molecule has 2 atom stereocenters. The molecule has 5 nitrogen and oxygen atoms in total. The van der Waals surface area contributed by atoms with Crippen LogP contribution in [0.3, 0.4) is 0 Å². The Morgan fingerprint density at radius 1 is 1.44 bits per heavy atom. The topological polar surface area (TPSA) is 66.8 Å². The first kappa shape index (κ1) is 12.6. The van der Waals surface area contributed by atoms with Crippen LogP contribution in [0.1, 0.15) is 12.5 Å². The summed E-state index contributed by atoms with van der Waals surface area (Å²) in [6.45, 7) is 1.61. The first-order valence-corrected chi connectivity index (χ1v) is 5.73. The van der Waals surface area contributed by atoms with Crippen LogP contribution >= 0.6 is 0 Å². The van der Waals surface area contributed by atoms with Crippen molar-refractivity contribution in [1.29, 1.82) is 0 Å². The number of carbonyl (C=O) groups excluding carboxylic acids is 1. The summed E-state index contributed by atoms with van der Waals surface area (Å²) in [6, 6.07) is 6.40. The van der Waals surface area contributed by atoms with Gasteiger partial charge < -0.3 is 9.84 Å². The number of benzene rings is 1. The lowest BCUT2D eigenvalue weighted by Gasteiger charge is -2.25. The Hall–Kier alpha value is -1.88. The summed E-state index contributed by atoms with van der Waals surface area (Å²) in [5, 5.41) is 9.22. The fourth-order valence-electron chi connectivity index (χ4n) is 2.15. The number of carboxylic acids is 1. The molecule has 2 unspecified atom stereocenters. The van der Waals surface area contributed by atoms with Gasteiger partial charge in [-0.1, -0.05) is 18.2 Å². The van der Waals surface area contributed by atoms with E-state index in [9.17, 15) is 14.7 Å². The fraction of sp³-hybridized carbons (Fsp3) is 0.385. The smallest absolute Gasteiger partial charge is 0.327 e. The first-order chi connectivity index (χ1) is 8.56. The SMILES string of the molecule is COC(C)C(=O)N1c2ccccc2CC1C(=O)O. The van der Waals surface area contributed by atoms with Gasteiger partial charge in [0.25, 0.3) is 5.91 Å². The molecule has 1 heterocycles. The molecule has 96 valence electrons. The average molecular weight is 249 g/mol. The molecular formula is C13H15NO4. The number of ether oxygens (including phenoxy) is 1. The van der Waals surface area contributed by atoms with Crippen LogP contribution < -0.4 is 4.90 Å². The predicted molar refractivity (Wildman–Crippen MR) is 65.5 cm³/mol. The monoisotopic (exact) mass is 249 g/mol. The molecule has 1 aromatic carbocycles. The van der Waals surface area contributed by atoms with Crippen LogP contribution in [0, 0.1) is 0 Å².